The van der Waals surface area contributed by atoms with Crippen molar-refractivity contribution < 1.29 is 0 Å². The molecule has 0 spiro atoms. The Kier molecular flexibility index (Phi) is 4.00. The Hall–Kier alpha value is -1.05. The Bertz CT molecular complexity index is 633. The SMILES string of the molecule is CC(C)n1c(-c2cnc(CN3CCCC3)s2)n[nH]c1=S. The van der Waals surface area contributed by atoms with Crippen molar-refractivity contribution in [1.29, 1.82) is 0 Å². The monoisotopic (exact) mass is 309 g/mol. The number of aromatic amines is 1. The molecule has 0 atom stereocenters. The molecule has 0 unspecified atom stereocenters. The van der Waals surface area contributed by atoms with Crippen LogP contribution >= 0.6 is 23.6 Å². The lowest BCUT2D eigenvalue weighted by Crippen LogP contribution is -2.17. The van der Waals surface area contributed by atoms with Crippen LogP contribution < -0.4 is 0 Å². The number of thiazole rings is 1. The van der Waals surface area contributed by atoms with Crippen LogP contribution in [0.25, 0.3) is 10.7 Å². The zero-order valence-corrected chi connectivity index (χ0v) is 13.4. The van der Waals surface area contributed by atoms with E-state index in [-0.39, 0.29) is 0 Å². The van der Waals surface area contributed by atoms with Crippen LogP contribution in [0.2, 0.25) is 0 Å². The average Bonchev–Trinajstić information content (AvgIpc) is 3.09. The summed E-state index contributed by atoms with van der Waals surface area (Å²) in [5.74, 6) is 0.898. The summed E-state index contributed by atoms with van der Waals surface area (Å²) in [6.45, 7) is 7.57. The molecule has 1 aliphatic rings. The number of likely N-dealkylation sites (tertiary alicyclic amines) is 1. The molecule has 3 heterocycles. The van der Waals surface area contributed by atoms with Gasteiger partial charge in [0.1, 0.15) is 5.01 Å². The van der Waals surface area contributed by atoms with Crippen LogP contribution in [0.3, 0.4) is 0 Å². The van der Waals surface area contributed by atoms with Gasteiger partial charge in [0.25, 0.3) is 0 Å². The van der Waals surface area contributed by atoms with E-state index in [1.165, 1.54) is 25.9 Å². The second-order valence-corrected chi connectivity index (χ2v) is 6.92. The van der Waals surface area contributed by atoms with Crippen LogP contribution in [0.15, 0.2) is 6.20 Å². The van der Waals surface area contributed by atoms with E-state index in [1.54, 1.807) is 11.3 Å². The molecule has 1 saturated heterocycles. The molecule has 5 nitrogen and oxygen atoms in total. The zero-order valence-electron chi connectivity index (χ0n) is 11.8. The summed E-state index contributed by atoms with van der Waals surface area (Å²) in [6.07, 6.45) is 4.54. The highest BCUT2D eigenvalue weighted by atomic mass is 32.1. The zero-order chi connectivity index (χ0) is 14.1. The average molecular weight is 309 g/mol. The Balaban J connectivity index is 1.84. The predicted octanol–water partition coefficient (Wildman–Crippen LogP) is 3.24. The minimum Gasteiger partial charge on any atom is -0.297 e. The van der Waals surface area contributed by atoms with E-state index >= 15 is 0 Å². The third kappa shape index (κ3) is 2.70. The van der Waals surface area contributed by atoms with Gasteiger partial charge >= 0.3 is 0 Å². The first-order chi connectivity index (χ1) is 9.65. The van der Waals surface area contributed by atoms with E-state index in [1.807, 2.05) is 10.8 Å². The summed E-state index contributed by atoms with van der Waals surface area (Å²) >= 11 is 7.01. The second kappa shape index (κ2) is 5.75. The Morgan fingerprint density at radius 3 is 2.85 bits per heavy atom. The Morgan fingerprint density at radius 1 is 1.40 bits per heavy atom. The summed E-state index contributed by atoms with van der Waals surface area (Å²) in [7, 11) is 0. The second-order valence-electron chi connectivity index (χ2n) is 5.42. The highest BCUT2D eigenvalue weighted by Gasteiger charge is 2.17. The van der Waals surface area contributed by atoms with Crippen LogP contribution in [0.1, 0.15) is 37.7 Å². The maximum absolute atomic E-state index is 5.29. The van der Waals surface area contributed by atoms with Gasteiger partial charge in [0, 0.05) is 12.2 Å². The van der Waals surface area contributed by atoms with Crippen molar-refractivity contribution in [1.82, 2.24) is 24.6 Å². The van der Waals surface area contributed by atoms with E-state index in [0.717, 1.165) is 22.3 Å². The lowest BCUT2D eigenvalue weighted by Gasteiger charge is -2.11. The molecule has 7 heteroatoms. The van der Waals surface area contributed by atoms with Gasteiger partial charge in [-0.15, -0.1) is 11.3 Å². The quantitative estimate of drug-likeness (QED) is 0.881. The molecule has 3 rings (SSSR count). The van der Waals surface area contributed by atoms with Gasteiger partial charge < -0.3 is 0 Å². The molecule has 0 aliphatic carbocycles. The fourth-order valence-electron chi connectivity index (χ4n) is 2.58. The van der Waals surface area contributed by atoms with Crippen molar-refractivity contribution in [2.75, 3.05) is 13.1 Å². The predicted molar refractivity (Wildman–Crippen MR) is 83.4 cm³/mol. The lowest BCUT2D eigenvalue weighted by molar-refractivity contribution is 0.331. The Morgan fingerprint density at radius 2 is 2.15 bits per heavy atom. The summed E-state index contributed by atoms with van der Waals surface area (Å²) in [6, 6.07) is 0.292. The molecule has 1 fully saturated rings. The molecular formula is C13H19N5S2. The number of aromatic nitrogens is 4. The van der Waals surface area contributed by atoms with Gasteiger partial charge in [-0.25, -0.2) is 4.98 Å². The van der Waals surface area contributed by atoms with Crippen molar-refractivity contribution >= 4 is 23.6 Å². The highest BCUT2D eigenvalue weighted by Crippen LogP contribution is 2.27. The molecule has 20 heavy (non-hydrogen) atoms. The summed E-state index contributed by atoms with van der Waals surface area (Å²) < 4.78 is 2.71. The van der Waals surface area contributed by atoms with Crippen molar-refractivity contribution in [3.8, 4) is 10.7 Å². The molecular weight excluding hydrogens is 290 g/mol. The van der Waals surface area contributed by atoms with Crippen molar-refractivity contribution in [3.63, 3.8) is 0 Å². The molecule has 0 amide bonds. The largest absolute Gasteiger partial charge is 0.297 e. The first kappa shape index (κ1) is 13.9. The Labute approximate surface area is 127 Å². The normalized spacial score (nSPS) is 16.4. The molecule has 108 valence electrons. The third-order valence-corrected chi connectivity index (χ3v) is 4.82. The highest BCUT2D eigenvalue weighted by molar-refractivity contribution is 7.71. The van der Waals surface area contributed by atoms with Gasteiger partial charge in [-0.2, -0.15) is 5.10 Å². The minimum absolute atomic E-state index is 0.292. The number of nitrogens with zero attached hydrogens (tertiary/aromatic N) is 4. The van der Waals surface area contributed by atoms with Crippen molar-refractivity contribution in [2.45, 2.75) is 39.3 Å². The van der Waals surface area contributed by atoms with Gasteiger partial charge in [-0.1, -0.05) is 0 Å². The smallest absolute Gasteiger partial charge is 0.195 e. The van der Waals surface area contributed by atoms with E-state index < -0.39 is 0 Å². The van der Waals surface area contributed by atoms with E-state index in [2.05, 4.69) is 33.9 Å². The summed E-state index contributed by atoms with van der Waals surface area (Å²) in [5.41, 5.74) is 0. The topological polar surface area (TPSA) is 49.7 Å². The molecule has 0 radical (unpaired) electrons. The molecule has 0 bridgehead atoms. The standard InChI is InChI=1S/C13H19N5S2/c1-9(2)18-12(15-16-13(18)19)10-7-14-11(20-10)8-17-5-3-4-6-17/h7,9H,3-6,8H2,1-2H3,(H,16,19). The van der Waals surface area contributed by atoms with Crippen molar-refractivity contribution in [3.05, 3.63) is 16.0 Å². The number of hydrogen-bond donors (Lipinski definition) is 1. The molecule has 1 N–H and O–H groups in total. The maximum atomic E-state index is 5.29. The molecule has 2 aromatic rings. The summed E-state index contributed by atoms with van der Waals surface area (Å²) in [5, 5.41) is 8.40. The molecule has 1 aliphatic heterocycles. The fraction of sp³-hybridized carbons (Fsp3) is 0.615. The van der Waals surface area contributed by atoms with Crippen molar-refractivity contribution in [2.24, 2.45) is 0 Å². The van der Waals surface area contributed by atoms with E-state index in [9.17, 15) is 0 Å². The van der Waals surface area contributed by atoms with Gasteiger partial charge in [-0.3, -0.25) is 14.6 Å². The lowest BCUT2D eigenvalue weighted by atomic mass is 10.3. The number of nitrogens with one attached hydrogen (secondary N) is 1. The number of H-pyrrole nitrogens is 1. The van der Waals surface area contributed by atoms with Gasteiger partial charge in [-0.05, 0) is 52.0 Å². The van der Waals surface area contributed by atoms with Crippen LogP contribution in [0.5, 0.6) is 0 Å². The molecule has 0 saturated carbocycles. The first-order valence-corrected chi connectivity index (χ1v) is 8.22. The minimum atomic E-state index is 0.292. The van der Waals surface area contributed by atoms with Gasteiger partial charge in [0.15, 0.2) is 10.6 Å². The van der Waals surface area contributed by atoms with Gasteiger partial charge in [0.05, 0.1) is 11.4 Å². The number of rotatable bonds is 4. The van der Waals surface area contributed by atoms with E-state index in [4.69, 9.17) is 12.2 Å². The fourth-order valence-corrected chi connectivity index (χ4v) is 3.87. The van der Waals surface area contributed by atoms with Crippen LogP contribution in [0, 0.1) is 4.77 Å². The van der Waals surface area contributed by atoms with E-state index in [0.29, 0.717) is 10.8 Å². The van der Waals surface area contributed by atoms with Crippen LogP contribution in [-0.4, -0.2) is 37.7 Å². The summed E-state index contributed by atoms with van der Waals surface area (Å²) in [4.78, 5) is 8.09. The van der Waals surface area contributed by atoms with Crippen LogP contribution in [0.4, 0.5) is 0 Å². The van der Waals surface area contributed by atoms with Crippen LogP contribution in [-0.2, 0) is 6.54 Å². The third-order valence-electron chi connectivity index (χ3n) is 3.55. The van der Waals surface area contributed by atoms with Gasteiger partial charge in [0.2, 0.25) is 0 Å². The first-order valence-electron chi connectivity index (χ1n) is 6.99. The maximum Gasteiger partial charge on any atom is 0.195 e. The number of hydrogen-bond acceptors (Lipinski definition) is 5. The molecule has 0 aromatic carbocycles. The molecule has 2 aromatic heterocycles.